The van der Waals surface area contributed by atoms with E-state index in [1.807, 2.05) is 27.7 Å². The van der Waals surface area contributed by atoms with E-state index in [4.69, 9.17) is 4.52 Å². The summed E-state index contributed by atoms with van der Waals surface area (Å²) >= 11 is 0. The van der Waals surface area contributed by atoms with Gasteiger partial charge in [-0.1, -0.05) is 31.8 Å². The highest BCUT2D eigenvalue weighted by molar-refractivity contribution is 5.85. The van der Waals surface area contributed by atoms with Crippen molar-refractivity contribution < 1.29 is 9.32 Å². The first-order chi connectivity index (χ1) is 9.50. The van der Waals surface area contributed by atoms with Gasteiger partial charge < -0.3 is 9.84 Å². The fourth-order valence-electron chi connectivity index (χ4n) is 2.46. The van der Waals surface area contributed by atoms with Crippen LogP contribution in [0.15, 0.2) is 4.52 Å². The zero-order valence-electron chi connectivity index (χ0n) is 12.7. The van der Waals surface area contributed by atoms with Gasteiger partial charge in [0.15, 0.2) is 0 Å². The molecular weight excluding hydrogens is 254 g/mol. The predicted octanol–water partition coefficient (Wildman–Crippen LogP) is 3.02. The Morgan fingerprint density at radius 2 is 1.95 bits per heavy atom. The maximum absolute atomic E-state index is 12.4. The summed E-state index contributed by atoms with van der Waals surface area (Å²) in [4.78, 5) is 12.4. The van der Waals surface area contributed by atoms with Gasteiger partial charge in [0.25, 0.3) is 0 Å². The molecule has 0 aliphatic carbocycles. The highest BCUT2D eigenvalue weighted by Crippen LogP contribution is 2.29. The summed E-state index contributed by atoms with van der Waals surface area (Å²) in [6, 6.07) is 2.23. The summed E-state index contributed by atoms with van der Waals surface area (Å²) in [7, 11) is 0. The molecule has 110 valence electrons. The van der Waals surface area contributed by atoms with Gasteiger partial charge in [-0.3, -0.25) is 4.79 Å². The van der Waals surface area contributed by atoms with Gasteiger partial charge in [0, 0.05) is 12.1 Å². The van der Waals surface area contributed by atoms with E-state index in [0.717, 1.165) is 24.1 Å². The van der Waals surface area contributed by atoms with Crippen LogP contribution in [0.1, 0.15) is 56.5 Å². The molecule has 1 rings (SSSR count). The summed E-state index contributed by atoms with van der Waals surface area (Å²) < 4.78 is 5.07. The lowest BCUT2D eigenvalue weighted by Gasteiger charge is -2.24. The fourth-order valence-corrected chi connectivity index (χ4v) is 2.46. The van der Waals surface area contributed by atoms with Crippen LogP contribution in [-0.2, 0) is 11.3 Å². The van der Waals surface area contributed by atoms with Crippen LogP contribution in [0.3, 0.4) is 0 Å². The normalized spacial score (nSPS) is 11.2. The number of carbonyl (C=O) groups is 1. The van der Waals surface area contributed by atoms with Crippen LogP contribution in [0.2, 0.25) is 0 Å². The first-order valence-corrected chi connectivity index (χ1v) is 7.12. The van der Waals surface area contributed by atoms with Crippen molar-refractivity contribution in [2.45, 2.75) is 59.9 Å². The van der Waals surface area contributed by atoms with Gasteiger partial charge in [-0.15, -0.1) is 0 Å². The Labute approximate surface area is 120 Å². The van der Waals surface area contributed by atoms with Crippen molar-refractivity contribution in [2.75, 3.05) is 0 Å². The number of amides is 1. The molecule has 1 aromatic heterocycles. The van der Waals surface area contributed by atoms with Crippen LogP contribution in [0.4, 0.5) is 0 Å². The third kappa shape index (κ3) is 3.38. The van der Waals surface area contributed by atoms with E-state index >= 15 is 0 Å². The highest BCUT2D eigenvalue weighted by atomic mass is 16.5. The quantitative estimate of drug-likeness (QED) is 0.830. The number of nitrogens with one attached hydrogen (secondary N) is 1. The van der Waals surface area contributed by atoms with Crippen LogP contribution >= 0.6 is 0 Å². The molecule has 0 aliphatic heterocycles. The molecule has 0 aliphatic rings. The highest BCUT2D eigenvalue weighted by Gasteiger charge is 2.36. The smallest absolute Gasteiger partial charge is 0.240 e. The number of aryl methyl sites for hydroxylation is 2. The third-order valence-electron chi connectivity index (χ3n) is 3.61. The Bertz CT molecular complexity index is 474. The van der Waals surface area contributed by atoms with Crippen LogP contribution in [0.25, 0.3) is 0 Å². The van der Waals surface area contributed by atoms with E-state index in [-0.39, 0.29) is 5.91 Å². The zero-order chi connectivity index (χ0) is 15.2. The monoisotopic (exact) mass is 277 g/mol. The molecule has 0 fully saturated rings. The summed E-state index contributed by atoms with van der Waals surface area (Å²) in [6.45, 7) is 7.99. The van der Waals surface area contributed by atoms with Crippen molar-refractivity contribution in [2.24, 2.45) is 5.41 Å². The number of hydrogen-bond acceptors (Lipinski definition) is 4. The maximum atomic E-state index is 12.4. The van der Waals surface area contributed by atoms with Crippen LogP contribution in [0.5, 0.6) is 0 Å². The number of nitrogens with zero attached hydrogens (tertiary/aromatic N) is 2. The lowest BCUT2D eigenvalue weighted by molar-refractivity contribution is -0.129. The number of hydrogen-bond donors (Lipinski definition) is 1. The average Bonchev–Trinajstić information content (AvgIpc) is 2.75. The van der Waals surface area contributed by atoms with Crippen molar-refractivity contribution in [3.63, 3.8) is 0 Å². The lowest BCUT2D eigenvalue weighted by atomic mass is 9.79. The number of aromatic nitrogens is 1. The lowest BCUT2D eigenvalue weighted by Crippen LogP contribution is -2.39. The minimum atomic E-state index is -0.914. The maximum Gasteiger partial charge on any atom is 0.240 e. The Hall–Kier alpha value is -1.83. The second-order valence-electron chi connectivity index (χ2n) is 5.18. The molecule has 0 unspecified atom stereocenters. The molecule has 1 N–H and O–H groups in total. The van der Waals surface area contributed by atoms with Crippen LogP contribution < -0.4 is 5.32 Å². The molecule has 0 saturated carbocycles. The molecule has 1 aromatic rings. The second-order valence-corrected chi connectivity index (χ2v) is 5.18. The molecule has 1 amide bonds. The molecular formula is C15H23N3O2. The number of carbonyl (C=O) groups excluding carboxylic acids is 1. The third-order valence-corrected chi connectivity index (χ3v) is 3.61. The SMILES string of the molecule is CCCC(C#N)(CCC)C(=O)NCc1c(C)noc1C. The first-order valence-electron chi connectivity index (χ1n) is 7.12. The molecule has 0 saturated heterocycles. The molecule has 20 heavy (non-hydrogen) atoms. The molecule has 0 atom stereocenters. The van der Waals surface area contributed by atoms with Crippen molar-refractivity contribution in [3.8, 4) is 6.07 Å². The standard InChI is InChI=1S/C15H23N3O2/c1-5-7-15(10-16,8-6-2)14(19)17-9-13-11(3)18-20-12(13)4/h5-9H2,1-4H3,(H,17,19). The summed E-state index contributed by atoms with van der Waals surface area (Å²) in [5, 5.41) is 16.2. The van der Waals surface area contributed by atoms with Gasteiger partial charge in [0.1, 0.15) is 11.2 Å². The van der Waals surface area contributed by atoms with Gasteiger partial charge in [-0.2, -0.15) is 5.26 Å². The summed E-state index contributed by atoms with van der Waals surface area (Å²) in [6.07, 6.45) is 2.80. The second kappa shape index (κ2) is 7.09. The number of rotatable bonds is 7. The average molecular weight is 277 g/mol. The van der Waals surface area contributed by atoms with Crippen molar-refractivity contribution in [3.05, 3.63) is 17.0 Å². The summed E-state index contributed by atoms with van der Waals surface area (Å²) in [5.74, 6) is 0.514. The van der Waals surface area contributed by atoms with Gasteiger partial charge in [0.05, 0.1) is 11.8 Å². The summed E-state index contributed by atoms with van der Waals surface area (Å²) in [5.41, 5.74) is 0.747. The first kappa shape index (κ1) is 16.2. The fraction of sp³-hybridized carbons (Fsp3) is 0.667. The molecule has 1 heterocycles. The van der Waals surface area contributed by atoms with Crippen molar-refractivity contribution in [1.82, 2.24) is 10.5 Å². The minimum absolute atomic E-state index is 0.191. The Kier molecular flexibility index (Phi) is 5.75. The van der Waals surface area contributed by atoms with E-state index < -0.39 is 5.41 Å². The van der Waals surface area contributed by atoms with Crippen LogP contribution in [-0.4, -0.2) is 11.1 Å². The molecule has 5 nitrogen and oxygen atoms in total. The Morgan fingerprint density at radius 3 is 2.35 bits per heavy atom. The van der Waals surface area contributed by atoms with Gasteiger partial charge in [0.2, 0.25) is 5.91 Å². The van der Waals surface area contributed by atoms with E-state index in [1.165, 1.54) is 0 Å². The van der Waals surface area contributed by atoms with Gasteiger partial charge >= 0.3 is 0 Å². The Morgan fingerprint density at radius 1 is 1.35 bits per heavy atom. The Balaban J connectivity index is 2.80. The van der Waals surface area contributed by atoms with E-state index in [0.29, 0.717) is 25.1 Å². The van der Waals surface area contributed by atoms with Gasteiger partial charge in [-0.05, 0) is 26.7 Å². The number of nitriles is 1. The predicted molar refractivity (Wildman–Crippen MR) is 75.7 cm³/mol. The minimum Gasteiger partial charge on any atom is -0.361 e. The molecule has 5 heteroatoms. The van der Waals surface area contributed by atoms with E-state index in [9.17, 15) is 10.1 Å². The molecule has 0 spiro atoms. The molecule has 0 aromatic carbocycles. The molecule has 0 bridgehead atoms. The van der Waals surface area contributed by atoms with E-state index in [2.05, 4.69) is 16.5 Å². The van der Waals surface area contributed by atoms with E-state index in [1.54, 1.807) is 0 Å². The zero-order valence-corrected chi connectivity index (χ0v) is 12.7. The topological polar surface area (TPSA) is 78.9 Å². The van der Waals surface area contributed by atoms with Crippen molar-refractivity contribution >= 4 is 5.91 Å². The molecule has 0 radical (unpaired) electrons. The largest absolute Gasteiger partial charge is 0.361 e. The van der Waals surface area contributed by atoms with Crippen molar-refractivity contribution in [1.29, 1.82) is 5.26 Å². The van der Waals surface area contributed by atoms with Crippen LogP contribution in [0, 0.1) is 30.6 Å². The van der Waals surface area contributed by atoms with Gasteiger partial charge in [-0.25, -0.2) is 0 Å².